The molecule has 118 valence electrons. The fourth-order valence-electron chi connectivity index (χ4n) is 2.63. The maximum atomic E-state index is 12.2. The molecule has 4 nitrogen and oxygen atoms in total. The third kappa shape index (κ3) is 2.82. The van der Waals surface area contributed by atoms with Crippen LogP contribution in [0.15, 0.2) is 78.9 Å². The number of ether oxygens (including phenoxy) is 2. The molecule has 1 aliphatic rings. The number of benzene rings is 3. The van der Waals surface area contributed by atoms with Crippen LogP contribution in [0, 0.1) is 0 Å². The summed E-state index contributed by atoms with van der Waals surface area (Å²) in [5, 5.41) is 2.86. The molecule has 0 bridgehead atoms. The molecular formula is C20H15NO3. The largest absolute Gasteiger partial charge is 0.466 e. The van der Waals surface area contributed by atoms with Crippen molar-refractivity contribution >= 4 is 5.91 Å². The lowest BCUT2D eigenvalue weighted by molar-refractivity contribution is 0.0756. The van der Waals surface area contributed by atoms with Crippen LogP contribution in [0.4, 0.5) is 0 Å². The molecule has 24 heavy (non-hydrogen) atoms. The Bertz CT molecular complexity index is 877. The third-order valence-corrected chi connectivity index (χ3v) is 3.78. The van der Waals surface area contributed by atoms with Gasteiger partial charge in [-0.2, -0.15) is 0 Å². The van der Waals surface area contributed by atoms with Gasteiger partial charge in [0, 0.05) is 5.56 Å². The molecule has 1 atom stereocenters. The highest BCUT2D eigenvalue weighted by Gasteiger charge is 2.26. The zero-order chi connectivity index (χ0) is 16.4. The minimum absolute atomic E-state index is 0.142. The molecule has 0 saturated heterocycles. The van der Waals surface area contributed by atoms with Crippen LogP contribution in [0.25, 0.3) is 0 Å². The van der Waals surface area contributed by atoms with Gasteiger partial charge in [-0.05, 0) is 36.4 Å². The molecule has 3 aromatic rings. The molecule has 0 aromatic heterocycles. The molecule has 0 saturated carbocycles. The first-order valence-corrected chi connectivity index (χ1v) is 7.69. The van der Waals surface area contributed by atoms with Crippen molar-refractivity contribution in [3.05, 3.63) is 90.0 Å². The zero-order valence-corrected chi connectivity index (χ0v) is 12.8. The molecule has 1 N–H and O–H groups in total. The third-order valence-electron chi connectivity index (χ3n) is 3.78. The Labute approximate surface area is 139 Å². The number of hydrogen-bond acceptors (Lipinski definition) is 3. The summed E-state index contributed by atoms with van der Waals surface area (Å²) >= 11 is 0. The van der Waals surface area contributed by atoms with E-state index < -0.39 is 6.23 Å². The summed E-state index contributed by atoms with van der Waals surface area (Å²) in [6.07, 6.45) is -0.535. The molecule has 0 fully saturated rings. The molecule has 1 heterocycles. The number of amides is 1. The van der Waals surface area contributed by atoms with Crippen LogP contribution < -0.4 is 14.8 Å². The van der Waals surface area contributed by atoms with Crippen LogP contribution in [0.1, 0.15) is 22.1 Å². The van der Waals surface area contributed by atoms with Gasteiger partial charge < -0.3 is 14.8 Å². The normalized spacial score (nSPS) is 15.8. The van der Waals surface area contributed by atoms with Gasteiger partial charge in [0.2, 0.25) is 0 Å². The van der Waals surface area contributed by atoms with Crippen molar-refractivity contribution in [3.8, 4) is 17.2 Å². The molecule has 0 radical (unpaired) electrons. The van der Waals surface area contributed by atoms with Crippen LogP contribution in [-0.2, 0) is 0 Å². The number of fused-ring (bicyclic) bond motifs is 1. The van der Waals surface area contributed by atoms with E-state index in [4.69, 9.17) is 9.47 Å². The predicted octanol–water partition coefficient (Wildman–Crippen LogP) is 4.30. The van der Waals surface area contributed by atoms with E-state index in [1.165, 1.54) is 0 Å². The first-order valence-electron chi connectivity index (χ1n) is 7.69. The Morgan fingerprint density at radius 2 is 1.58 bits per heavy atom. The molecule has 1 aliphatic heterocycles. The molecule has 4 heteroatoms. The Morgan fingerprint density at radius 1 is 0.833 bits per heavy atom. The second-order valence-electron chi connectivity index (χ2n) is 5.46. The number of carbonyl (C=O) groups excluding carboxylic acids is 1. The number of rotatable bonds is 3. The van der Waals surface area contributed by atoms with Crippen LogP contribution in [0.2, 0.25) is 0 Å². The Hall–Kier alpha value is -3.27. The topological polar surface area (TPSA) is 47.6 Å². The van der Waals surface area contributed by atoms with E-state index in [0.717, 1.165) is 11.3 Å². The van der Waals surface area contributed by atoms with Gasteiger partial charge in [-0.1, -0.05) is 42.5 Å². The van der Waals surface area contributed by atoms with Crippen molar-refractivity contribution in [3.63, 3.8) is 0 Å². The van der Waals surface area contributed by atoms with Crippen molar-refractivity contribution in [1.82, 2.24) is 5.32 Å². The van der Waals surface area contributed by atoms with Gasteiger partial charge in [-0.15, -0.1) is 0 Å². The van der Waals surface area contributed by atoms with E-state index in [1.54, 1.807) is 12.1 Å². The lowest BCUT2D eigenvalue weighted by Gasteiger charge is -2.27. The molecular weight excluding hydrogens is 302 g/mol. The number of hydrogen-bond donors (Lipinski definition) is 1. The van der Waals surface area contributed by atoms with E-state index in [9.17, 15) is 4.79 Å². The Balaban J connectivity index is 1.59. The maximum absolute atomic E-state index is 12.2. The van der Waals surface area contributed by atoms with Gasteiger partial charge in [0.05, 0.1) is 5.56 Å². The first-order chi connectivity index (χ1) is 11.8. The van der Waals surface area contributed by atoms with E-state index in [1.807, 2.05) is 66.7 Å². The standard InChI is InChI=1S/C20H15NO3/c22-19-17-11-4-5-12-18(17)24-20(21-19)14-7-6-10-16(13-14)23-15-8-2-1-3-9-15/h1-13,20H,(H,21,22)/t20-/m0/s1. The fraction of sp³-hybridized carbons (Fsp3) is 0.0500. The van der Waals surface area contributed by atoms with E-state index in [2.05, 4.69) is 5.32 Å². The van der Waals surface area contributed by atoms with Crippen molar-refractivity contribution in [2.24, 2.45) is 0 Å². The minimum atomic E-state index is -0.535. The van der Waals surface area contributed by atoms with Gasteiger partial charge in [0.15, 0.2) is 6.23 Å². The van der Waals surface area contributed by atoms with Crippen LogP contribution in [0.5, 0.6) is 17.2 Å². The summed E-state index contributed by atoms with van der Waals surface area (Å²) in [5.74, 6) is 1.89. The van der Waals surface area contributed by atoms with E-state index >= 15 is 0 Å². The van der Waals surface area contributed by atoms with E-state index in [0.29, 0.717) is 17.1 Å². The number of nitrogens with one attached hydrogen (secondary N) is 1. The van der Waals surface area contributed by atoms with Gasteiger partial charge in [-0.25, -0.2) is 0 Å². The molecule has 3 aromatic carbocycles. The summed E-state index contributed by atoms with van der Waals surface area (Å²) < 4.78 is 11.7. The van der Waals surface area contributed by atoms with Crippen molar-refractivity contribution in [2.75, 3.05) is 0 Å². The summed E-state index contributed by atoms with van der Waals surface area (Å²) in [6, 6.07) is 24.3. The van der Waals surface area contributed by atoms with Crippen molar-refractivity contribution in [1.29, 1.82) is 0 Å². The molecule has 4 rings (SSSR count). The second-order valence-corrected chi connectivity index (χ2v) is 5.46. The molecule has 0 unspecified atom stereocenters. The highest BCUT2D eigenvalue weighted by atomic mass is 16.5. The lowest BCUT2D eigenvalue weighted by Crippen LogP contribution is -2.36. The highest BCUT2D eigenvalue weighted by molar-refractivity contribution is 5.97. The first kappa shape index (κ1) is 14.3. The van der Waals surface area contributed by atoms with E-state index in [-0.39, 0.29) is 5.91 Å². The molecule has 0 aliphatic carbocycles. The summed E-state index contributed by atoms with van der Waals surface area (Å²) in [4.78, 5) is 12.2. The van der Waals surface area contributed by atoms with Crippen molar-refractivity contribution < 1.29 is 14.3 Å². The monoisotopic (exact) mass is 317 g/mol. The number of para-hydroxylation sites is 2. The Kier molecular flexibility index (Phi) is 3.63. The Morgan fingerprint density at radius 3 is 2.46 bits per heavy atom. The predicted molar refractivity (Wildman–Crippen MR) is 90.2 cm³/mol. The quantitative estimate of drug-likeness (QED) is 0.783. The van der Waals surface area contributed by atoms with Gasteiger partial charge in [0.25, 0.3) is 5.91 Å². The second kappa shape index (κ2) is 6.08. The molecule has 1 amide bonds. The lowest BCUT2D eigenvalue weighted by atomic mass is 10.1. The van der Waals surface area contributed by atoms with Gasteiger partial charge >= 0.3 is 0 Å². The minimum Gasteiger partial charge on any atom is -0.466 e. The fourth-order valence-corrected chi connectivity index (χ4v) is 2.63. The summed E-state index contributed by atoms with van der Waals surface area (Å²) in [7, 11) is 0. The average Bonchev–Trinajstić information content (AvgIpc) is 2.63. The van der Waals surface area contributed by atoms with Crippen LogP contribution >= 0.6 is 0 Å². The zero-order valence-electron chi connectivity index (χ0n) is 12.8. The van der Waals surface area contributed by atoms with Gasteiger partial charge in [0.1, 0.15) is 17.2 Å². The summed E-state index contributed by atoms with van der Waals surface area (Å²) in [6.45, 7) is 0. The van der Waals surface area contributed by atoms with Crippen molar-refractivity contribution in [2.45, 2.75) is 6.23 Å². The van der Waals surface area contributed by atoms with Crippen LogP contribution in [0.3, 0.4) is 0 Å². The van der Waals surface area contributed by atoms with Crippen LogP contribution in [-0.4, -0.2) is 5.91 Å². The van der Waals surface area contributed by atoms with Gasteiger partial charge in [-0.3, -0.25) is 4.79 Å². The average molecular weight is 317 g/mol. The highest BCUT2D eigenvalue weighted by Crippen LogP contribution is 2.31. The number of carbonyl (C=O) groups is 1. The molecule has 0 spiro atoms. The maximum Gasteiger partial charge on any atom is 0.258 e. The summed E-state index contributed by atoms with van der Waals surface area (Å²) in [5.41, 5.74) is 1.37. The SMILES string of the molecule is O=C1N[C@H](c2cccc(Oc3ccccc3)c2)Oc2ccccc21. The smallest absolute Gasteiger partial charge is 0.258 e.